The molecule has 1 aliphatic rings. The van der Waals surface area contributed by atoms with Crippen LogP contribution in [0, 0.1) is 11.8 Å². The van der Waals surface area contributed by atoms with Gasteiger partial charge in [-0.05, 0) is 103 Å². The fourth-order valence-corrected chi connectivity index (χ4v) is 7.40. The standard InChI is InChI=1S/C44H77N11O15/c1-22(2)33(41(66)50-27(15-17-31(57)58)37(62)48-26(12-7-9-19-45)38(63)53-34(23(3)4)44(69)70)52-42(67)35(25(6)56)54-39(64)28(16-18-32(59)60)49-40(65)30-14-11-21-55(30)43(68)29(13-8-10-20-46)51-36(61)24(5)47/h22-30,33-35,56H,7-21,45-47H2,1-6H3,(H,48,62)(H,49,65)(H,50,66)(H,51,61)(H,52,67)(H,53,63)(H,54,64)(H,57,58)(H,59,60)(H,69,70). The molecule has 398 valence electrons. The Balaban J connectivity index is 3.38. The summed E-state index contributed by atoms with van der Waals surface area (Å²) >= 11 is 0. The van der Waals surface area contributed by atoms with Gasteiger partial charge in [-0.25, -0.2) is 4.79 Å². The molecular formula is C44H77N11O15. The number of nitrogens with zero attached hydrogens (tertiary/aromatic N) is 1. The van der Waals surface area contributed by atoms with E-state index in [-0.39, 0.29) is 32.4 Å². The zero-order valence-corrected chi connectivity index (χ0v) is 41.0. The molecule has 1 heterocycles. The quantitative estimate of drug-likeness (QED) is 0.0284. The van der Waals surface area contributed by atoms with E-state index in [1.54, 1.807) is 13.8 Å². The Labute approximate surface area is 407 Å². The summed E-state index contributed by atoms with van der Waals surface area (Å²) in [5.41, 5.74) is 16.9. The van der Waals surface area contributed by atoms with Crippen molar-refractivity contribution >= 4 is 65.2 Å². The lowest BCUT2D eigenvalue weighted by Crippen LogP contribution is -2.62. The highest BCUT2D eigenvalue weighted by Gasteiger charge is 2.40. The molecule has 0 aromatic heterocycles. The molecule has 1 saturated heterocycles. The van der Waals surface area contributed by atoms with Crippen LogP contribution in [-0.2, 0) is 52.7 Å². The second-order valence-corrected chi connectivity index (χ2v) is 18.2. The third-order valence-corrected chi connectivity index (χ3v) is 11.5. The minimum absolute atomic E-state index is 0.00181. The zero-order chi connectivity index (χ0) is 53.4. The number of likely N-dealkylation sites (tertiary alicyclic amines) is 1. The lowest BCUT2D eigenvalue weighted by molar-refractivity contribution is -0.143. The molecule has 1 fully saturated rings. The number of nitrogens with two attached hydrogens (primary N) is 3. The molecule has 0 bridgehead atoms. The first-order valence-corrected chi connectivity index (χ1v) is 23.7. The Morgan fingerprint density at radius 1 is 0.529 bits per heavy atom. The van der Waals surface area contributed by atoms with E-state index < -0.39 is 163 Å². The van der Waals surface area contributed by atoms with Crippen LogP contribution in [0.25, 0.3) is 0 Å². The van der Waals surface area contributed by atoms with Gasteiger partial charge in [0, 0.05) is 19.4 Å². The number of carbonyl (C=O) groups is 11. The summed E-state index contributed by atoms with van der Waals surface area (Å²) in [4.78, 5) is 145. The van der Waals surface area contributed by atoms with Gasteiger partial charge in [0.2, 0.25) is 47.3 Å². The van der Waals surface area contributed by atoms with Gasteiger partial charge in [0.1, 0.15) is 48.3 Å². The molecule has 0 saturated carbocycles. The number of nitrogens with one attached hydrogen (secondary N) is 7. The average molecular weight is 1000 g/mol. The third kappa shape index (κ3) is 21.3. The first-order valence-electron chi connectivity index (χ1n) is 23.7. The highest BCUT2D eigenvalue weighted by Crippen LogP contribution is 2.21. The van der Waals surface area contributed by atoms with Gasteiger partial charge in [-0.1, -0.05) is 27.7 Å². The molecule has 70 heavy (non-hydrogen) atoms. The summed E-state index contributed by atoms with van der Waals surface area (Å²) in [6.45, 7) is 9.38. The molecule has 0 aromatic rings. The van der Waals surface area contributed by atoms with E-state index in [0.29, 0.717) is 38.6 Å². The van der Waals surface area contributed by atoms with Gasteiger partial charge in [-0.2, -0.15) is 0 Å². The van der Waals surface area contributed by atoms with E-state index in [1.807, 2.05) is 0 Å². The van der Waals surface area contributed by atoms with Crippen LogP contribution in [0.5, 0.6) is 0 Å². The van der Waals surface area contributed by atoms with Gasteiger partial charge in [0.05, 0.1) is 12.1 Å². The van der Waals surface area contributed by atoms with E-state index in [1.165, 1.54) is 25.7 Å². The van der Waals surface area contributed by atoms with E-state index in [4.69, 9.17) is 17.2 Å². The zero-order valence-electron chi connectivity index (χ0n) is 41.0. The van der Waals surface area contributed by atoms with Crippen LogP contribution < -0.4 is 54.4 Å². The normalized spacial score (nSPS) is 17.3. The van der Waals surface area contributed by atoms with Crippen LogP contribution in [0.4, 0.5) is 0 Å². The van der Waals surface area contributed by atoms with Crippen LogP contribution in [0.15, 0.2) is 0 Å². The van der Waals surface area contributed by atoms with Crippen LogP contribution >= 0.6 is 0 Å². The Hall–Kier alpha value is -5.99. The molecule has 26 nitrogen and oxygen atoms in total. The lowest BCUT2D eigenvalue weighted by atomic mass is 10.00. The van der Waals surface area contributed by atoms with Gasteiger partial charge in [-0.3, -0.25) is 47.9 Å². The van der Waals surface area contributed by atoms with Crippen molar-refractivity contribution in [2.75, 3.05) is 19.6 Å². The number of unbranched alkanes of at least 4 members (excludes halogenated alkanes) is 2. The number of aliphatic hydroxyl groups excluding tert-OH is 1. The highest BCUT2D eigenvalue weighted by molar-refractivity contribution is 5.98. The third-order valence-electron chi connectivity index (χ3n) is 11.5. The van der Waals surface area contributed by atoms with Crippen molar-refractivity contribution < 1.29 is 73.2 Å². The second-order valence-electron chi connectivity index (χ2n) is 18.2. The molecule has 1 aliphatic heterocycles. The Morgan fingerprint density at radius 2 is 0.943 bits per heavy atom. The maximum atomic E-state index is 13.9. The SMILES string of the molecule is CC(N)C(=O)NC(CCCCN)C(=O)N1CCCC1C(=O)NC(CCC(=O)O)C(=O)NC(C(=O)NC(C(=O)NC(CCC(=O)O)C(=O)NC(CCCCN)C(=O)NC(C(=O)O)C(C)C)C(C)C)C(C)O. The van der Waals surface area contributed by atoms with E-state index in [0.717, 1.165) is 6.92 Å². The first kappa shape index (κ1) is 62.0. The molecule has 10 unspecified atom stereocenters. The molecule has 26 heteroatoms. The fraction of sp³-hybridized carbons (Fsp3) is 0.750. The molecule has 10 atom stereocenters. The molecule has 0 radical (unpaired) electrons. The molecule has 8 amide bonds. The summed E-state index contributed by atoms with van der Waals surface area (Å²) in [5.74, 6) is -12.4. The Bertz CT molecular complexity index is 1820. The molecule has 17 N–H and O–H groups in total. The highest BCUT2D eigenvalue weighted by atomic mass is 16.4. The maximum absolute atomic E-state index is 13.9. The maximum Gasteiger partial charge on any atom is 0.326 e. The summed E-state index contributed by atoms with van der Waals surface area (Å²) < 4.78 is 0. The Kier molecular flexibility index (Phi) is 27.7. The van der Waals surface area contributed by atoms with Gasteiger partial charge < -0.3 is 79.7 Å². The van der Waals surface area contributed by atoms with Gasteiger partial charge in [0.25, 0.3) is 0 Å². The van der Waals surface area contributed by atoms with Crippen molar-refractivity contribution in [3.63, 3.8) is 0 Å². The van der Waals surface area contributed by atoms with Crippen LogP contribution in [0.3, 0.4) is 0 Å². The van der Waals surface area contributed by atoms with E-state index in [2.05, 4.69) is 37.2 Å². The Morgan fingerprint density at radius 3 is 1.40 bits per heavy atom. The number of hydrogen-bond acceptors (Lipinski definition) is 15. The molecular weight excluding hydrogens is 923 g/mol. The number of carbonyl (C=O) groups excluding carboxylic acids is 8. The molecule has 0 spiro atoms. The van der Waals surface area contributed by atoms with Crippen molar-refractivity contribution in [2.45, 2.75) is 179 Å². The number of aliphatic hydroxyl groups is 1. The number of aliphatic carboxylic acids is 3. The van der Waals surface area contributed by atoms with E-state index in [9.17, 15) is 73.2 Å². The van der Waals surface area contributed by atoms with Crippen molar-refractivity contribution in [1.82, 2.24) is 42.1 Å². The summed E-state index contributed by atoms with van der Waals surface area (Å²) in [6.07, 6.45) is -1.46. The number of carboxylic acid groups (broad SMARTS) is 3. The monoisotopic (exact) mass is 1000 g/mol. The average Bonchev–Trinajstić information content (AvgIpc) is 3.77. The summed E-state index contributed by atoms with van der Waals surface area (Å²) in [7, 11) is 0. The molecule has 0 aliphatic carbocycles. The minimum Gasteiger partial charge on any atom is -0.481 e. The van der Waals surface area contributed by atoms with Crippen molar-refractivity contribution in [2.24, 2.45) is 29.0 Å². The predicted molar refractivity (Wildman–Crippen MR) is 250 cm³/mol. The number of hydrogen-bond donors (Lipinski definition) is 14. The van der Waals surface area contributed by atoms with Crippen LogP contribution in [-0.4, -0.2) is 171 Å². The smallest absolute Gasteiger partial charge is 0.326 e. The first-order chi connectivity index (χ1) is 32.8. The second kappa shape index (κ2) is 31.3. The fourth-order valence-electron chi connectivity index (χ4n) is 7.40. The van der Waals surface area contributed by atoms with Crippen molar-refractivity contribution in [3.05, 3.63) is 0 Å². The van der Waals surface area contributed by atoms with Gasteiger partial charge in [-0.15, -0.1) is 0 Å². The molecule has 1 rings (SSSR count). The van der Waals surface area contributed by atoms with Gasteiger partial charge >= 0.3 is 17.9 Å². The van der Waals surface area contributed by atoms with E-state index >= 15 is 0 Å². The predicted octanol–water partition coefficient (Wildman–Crippen LogP) is -3.52. The minimum atomic E-state index is -1.84. The topological polar surface area (TPSA) is 434 Å². The lowest BCUT2D eigenvalue weighted by Gasteiger charge is -2.31. The largest absolute Gasteiger partial charge is 0.481 e. The van der Waals surface area contributed by atoms with Gasteiger partial charge in [0.15, 0.2) is 0 Å². The number of amides is 8. The van der Waals surface area contributed by atoms with Crippen molar-refractivity contribution in [3.8, 4) is 0 Å². The van der Waals surface area contributed by atoms with Crippen LogP contribution in [0.2, 0.25) is 0 Å². The summed E-state index contributed by atoms with van der Waals surface area (Å²) in [6, 6.07) is -12.4. The number of rotatable bonds is 33. The number of carboxylic acids is 3. The van der Waals surface area contributed by atoms with Crippen LogP contribution in [0.1, 0.15) is 119 Å². The molecule has 0 aromatic carbocycles. The summed E-state index contributed by atoms with van der Waals surface area (Å²) in [5, 5.41) is 56.3. The van der Waals surface area contributed by atoms with Crippen molar-refractivity contribution in [1.29, 1.82) is 0 Å².